The summed E-state index contributed by atoms with van der Waals surface area (Å²) in [5.41, 5.74) is -0.135. The van der Waals surface area contributed by atoms with Crippen molar-refractivity contribution >= 4 is 5.69 Å². The Balaban J connectivity index is 1.57. The van der Waals surface area contributed by atoms with Crippen LogP contribution in [0.15, 0.2) is 24.3 Å². The molecule has 0 aromatic heterocycles. The predicted molar refractivity (Wildman–Crippen MR) is 88.1 cm³/mol. The summed E-state index contributed by atoms with van der Waals surface area (Å²) >= 11 is 0. The van der Waals surface area contributed by atoms with E-state index in [0.29, 0.717) is 0 Å². The fourth-order valence-corrected chi connectivity index (χ4v) is 2.84. The number of nitrogens with zero attached hydrogens (tertiary/aromatic N) is 1. The first kappa shape index (κ1) is 20.8. The quantitative estimate of drug-likeness (QED) is 0.268. The lowest BCUT2D eigenvalue weighted by molar-refractivity contribution is -0.384. The minimum absolute atomic E-state index is 0.135. The van der Waals surface area contributed by atoms with Gasteiger partial charge < -0.3 is 44.5 Å². The molecule has 0 unspecified atom stereocenters. The van der Waals surface area contributed by atoms with Gasteiger partial charge in [-0.3, -0.25) is 10.1 Å². The second-order valence-corrected chi connectivity index (χ2v) is 6.48. The normalized spacial score (nSPS) is 38.8. The van der Waals surface area contributed by atoms with Gasteiger partial charge >= 0.3 is 0 Å². The van der Waals surface area contributed by atoms with E-state index >= 15 is 0 Å². The third-order valence-corrected chi connectivity index (χ3v) is 4.50. The highest BCUT2D eigenvalue weighted by molar-refractivity contribution is 5.36. The summed E-state index contributed by atoms with van der Waals surface area (Å²) in [6, 6.07) is 5.08. The van der Waals surface area contributed by atoms with E-state index in [1.165, 1.54) is 24.3 Å². The van der Waals surface area contributed by atoms with Crippen molar-refractivity contribution in [1.29, 1.82) is 0 Å². The number of aliphatic hydroxyl groups excluding tert-OH is 5. The van der Waals surface area contributed by atoms with Gasteiger partial charge in [0, 0.05) is 12.1 Å². The van der Waals surface area contributed by atoms with Crippen LogP contribution in [0.1, 0.15) is 0 Å². The van der Waals surface area contributed by atoms with Crippen LogP contribution in [-0.4, -0.2) is 92.9 Å². The van der Waals surface area contributed by atoms with E-state index in [4.69, 9.17) is 18.9 Å². The Morgan fingerprint density at radius 2 is 1.50 bits per heavy atom. The molecule has 12 nitrogen and oxygen atoms in total. The van der Waals surface area contributed by atoms with Gasteiger partial charge in [-0.25, -0.2) is 0 Å². The first-order valence-electron chi connectivity index (χ1n) is 8.48. The Morgan fingerprint density at radius 1 is 0.893 bits per heavy atom. The first-order valence-corrected chi connectivity index (χ1v) is 8.48. The molecule has 12 heteroatoms. The summed E-state index contributed by atoms with van der Waals surface area (Å²) in [7, 11) is 0. The van der Waals surface area contributed by atoms with E-state index in [-0.39, 0.29) is 24.7 Å². The van der Waals surface area contributed by atoms with Gasteiger partial charge in [0.25, 0.3) is 5.69 Å². The number of hydrogen-bond acceptors (Lipinski definition) is 11. The van der Waals surface area contributed by atoms with Gasteiger partial charge in [-0.1, -0.05) is 0 Å². The highest BCUT2D eigenvalue weighted by atomic mass is 16.7. The van der Waals surface area contributed by atoms with Crippen LogP contribution in [0, 0.1) is 10.1 Å². The number of nitro benzene ring substituents is 1. The van der Waals surface area contributed by atoms with Gasteiger partial charge in [-0.15, -0.1) is 0 Å². The monoisotopic (exact) mass is 403 g/mol. The first-order chi connectivity index (χ1) is 13.3. The van der Waals surface area contributed by atoms with E-state index in [9.17, 15) is 35.6 Å². The minimum Gasteiger partial charge on any atom is -0.462 e. The third kappa shape index (κ3) is 4.39. The molecular formula is C16H21NO11. The lowest BCUT2D eigenvalue weighted by Crippen LogP contribution is -2.60. The molecule has 0 amide bonds. The molecule has 0 saturated carbocycles. The molecule has 8 atom stereocenters. The number of non-ortho nitro benzene ring substituents is 1. The topological polar surface area (TPSA) is 181 Å². The van der Waals surface area contributed by atoms with Crippen molar-refractivity contribution in [2.24, 2.45) is 0 Å². The van der Waals surface area contributed by atoms with Gasteiger partial charge in [0.2, 0.25) is 6.29 Å². The second kappa shape index (κ2) is 8.63. The number of hydrogen-bond donors (Lipinski definition) is 5. The number of rotatable bonds is 5. The summed E-state index contributed by atoms with van der Waals surface area (Å²) in [4.78, 5) is 10.1. The molecule has 2 saturated heterocycles. The zero-order valence-corrected chi connectivity index (χ0v) is 14.5. The highest BCUT2D eigenvalue weighted by Gasteiger charge is 2.45. The van der Waals surface area contributed by atoms with Gasteiger partial charge in [0.05, 0.1) is 18.1 Å². The molecule has 2 aliphatic rings. The lowest BCUT2D eigenvalue weighted by Gasteiger charge is -2.41. The summed E-state index contributed by atoms with van der Waals surface area (Å²) in [6.45, 7) is -0.512. The Hall–Kier alpha value is -1.90. The average Bonchev–Trinajstić information content (AvgIpc) is 2.68. The van der Waals surface area contributed by atoms with Crippen LogP contribution in [0.5, 0.6) is 5.75 Å². The Morgan fingerprint density at radius 3 is 2.14 bits per heavy atom. The van der Waals surface area contributed by atoms with Crippen molar-refractivity contribution in [3.63, 3.8) is 0 Å². The average molecular weight is 403 g/mol. The van der Waals surface area contributed by atoms with E-state index in [1.807, 2.05) is 0 Å². The van der Waals surface area contributed by atoms with Gasteiger partial charge in [-0.2, -0.15) is 0 Å². The molecule has 1 aromatic rings. The van der Waals surface area contributed by atoms with Crippen molar-refractivity contribution < 1.29 is 49.4 Å². The second-order valence-electron chi connectivity index (χ2n) is 6.48. The van der Waals surface area contributed by atoms with Crippen molar-refractivity contribution in [3.8, 4) is 5.75 Å². The molecule has 2 fully saturated rings. The molecule has 0 aliphatic carbocycles. The summed E-state index contributed by atoms with van der Waals surface area (Å²) in [6.07, 6.45) is -11.0. The van der Waals surface area contributed by atoms with Gasteiger partial charge in [0.1, 0.15) is 42.4 Å². The van der Waals surface area contributed by atoms with E-state index in [2.05, 4.69) is 0 Å². The number of aliphatic hydroxyl groups is 5. The van der Waals surface area contributed by atoms with Gasteiger partial charge in [-0.05, 0) is 12.1 Å². The van der Waals surface area contributed by atoms with Gasteiger partial charge in [0.15, 0.2) is 6.29 Å². The van der Waals surface area contributed by atoms with Crippen LogP contribution in [-0.2, 0) is 14.2 Å². The zero-order chi connectivity index (χ0) is 20.4. The fraction of sp³-hybridized carbons (Fsp3) is 0.625. The van der Waals surface area contributed by atoms with E-state index < -0.39 is 54.1 Å². The number of nitro groups is 1. The maximum absolute atomic E-state index is 10.7. The van der Waals surface area contributed by atoms with Crippen LogP contribution in [0.3, 0.4) is 0 Å². The Labute approximate surface area is 158 Å². The molecular weight excluding hydrogens is 382 g/mol. The molecule has 3 rings (SSSR count). The van der Waals surface area contributed by atoms with Crippen molar-refractivity contribution in [1.82, 2.24) is 0 Å². The van der Waals surface area contributed by atoms with E-state index in [1.54, 1.807) is 0 Å². The standard InChI is InChI=1S/C16H21NO11/c18-9-5-25-16(13(21)11(9)19)28-10-6-26-15(14(22)12(10)20)27-8-3-1-7(2-4-8)17(23)24/h1-4,9-16,18-22H,5-6H2/t9-,10-,11+,12+,13-,14-,15+,16+/m1/s1. The van der Waals surface area contributed by atoms with Crippen LogP contribution in [0.2, 0.25) is 0 Å². The smallest absolute Gasteiger partial charge is 0.269 e. The molecule has 28 heavy (non-hydrogen) atoms. The highest BCUT2D eigenvalue weighted by Crippen LogP contribution is 2.26. The van der Waals surface area contributed by atoms with Crippen LogP contribution in [0.25, 0.3) is 0 Å². The molecule has 0 radical (unpaired) electrons. The summed E-state index contributed by atoms with van der Waals surface area (Å²) < 4.78 is 21.2. The molecule has 1 aromatic carbocycles. The van der Waals surface area contributed by atoms with Crippen molar-refractivity contribution in [2.75, 3.05) is 13.2 Å². The fourth-order valence-electron chi connectivity index (χ4n) is 2.84. The number of benzene rings is 1. The van der Waals surface area contributed by atoms with Crippen LogP contribution in [0.4, 0.5) is 5.69 Å². The minimum atomic E-state index is -1.55. The molecule has 156 valence electrons. The van der Waals surface area contributed by atoms with Crippen molar-refractivity contribution in [3.05, 3.63) is 34.4 Å². The van der Waals surface area contributed by atoms with E-state index in [0.717, 1.165) is 0 Å². The van der Waals surface area contributed by atoms with Crippen LogP contribution >= 0.6 is 0 Å². The maximum Gasteiger partial charge on any atom is 0.269 e. The molecule has 0 spiro atoms. The molecule has 0 bridgehead atoms. The third-order valence-electron chi connectivity index (χ3n) is 4.50. The Bertz CT molecular complexity index is 671. The predicted octanol–water partition coefficient (Wildman–Crippen LogP) is -2.12. The summed E-state index contributed by atoms with van der Waals surface area (Å²) in [5.74, 6) is 0.185. The summed E-state index contributed by atoms with van der Waals surface area (Å²) in [5, 5.41) is 60.1. The SMILES string of the molecule is O=[N+]([O-])c1ccc(O[C@@H]2OC[C@@H](O[C@@H]3OC[C@@H](O)[C@H](O)[C@H]3O)[C@H](O)[C@H]2O)cc1. The lowest BCUT2D eigenvalue weighted by atomic mass is 10.0. The van der Waals surface area contributed by atoms with Crippen LogP contribution < -0.4 is 4.74 Å². The maximum atomic E-state index is 10.7. The zero-order valence-electron chi connectivity index (χ0n) is 14.5. The largest absolute Gasteiger partial charge is 0.462 e. The number of ether oxygens (including phenoxy) is 4. The molecule has 5 N–H and O–H groups in total. The molecule has 2 heterocycles. The molecule has 2 aliphatic heterocycles. The Kier molecular flexibility index (Phi) is 6.42. The van der Waals surface area contributed by atoms with Crippen molar-refractivity contribution in [2.45, 2.75) is 49.2 Å².